The molecule has 0 spiro atoms. The van der Waals surface area contributed by atoms with Crippen LogP contribution in [0.3, 0.4) is 0 Å². The first-order valence-electron chi connectivity index (χ1n) is 4.19. The van der Waals surface area contributed by atoms with E-state index >= 15 is 0 Å². The van der Waals surface area contributed by atoms with Crippen molar-refractivity contribution in [1.82, 2.24) is 4.98 Å². The molecule has 0 bridgehead atoms. The van der Waals surface area contributed by atoms with Gasteiger partial charge in [-0.2, -0.15) is 0 Å². The first kappa shape index (κ1) is 8.35. The fourth-order valence-corrected chi connectivity index (χ4v) is 1.56. The summed E-state index contributed by atoms with van der Waals surface area (Å²) >= 11 is 0. The van der Waals surface area contributed by atoms with Gasteiger partial charge in [-0.3, -0.25) is 4.98 Å². The van der Waals surface area contributed by atoms with E-state index in [1.807, 2.05) is 6.92 Å². The highest BCUT2D eigenvalue weighted by Crippen LogP contribution is 2.15. The van der Waals surface area contributed by atoms with Crippen molar-refractivity contribution in [3.8, 4) is 0 Å². The maximum Gasteiger partial charge on any atom is 0.136 e. The van der Waals surface area contributed by atoms with E-state index in [2.05, 4.69) is 4.98 Å². The number of rotatable bonds is 0. The molecular weight excluding hydrogens is 172 g/mol. The first-order valence-corrected chi connectivity index (χ1v) is 4.19. The minimum Gasteiger partial charge on any atom is -0.256 e. The Balaban J connectivity index is 2.88. The van der Waals surface area contributed by atoms with Gasteiger partial charge < -0.3 is 0 Å². The molecule has 0 saturated heterocycles. The van der Waals surface area contributed by atoms with E-state index < -0.39 is 11.6 Å². The van der Waals surface area contributed by atoms with E-state index in [1.165, 1.54) is 12.3 Å². The Bertz CT molecular complexity index is 450. The lowest BCUT2D eigenvalue weighted by Crippen LogP contribution is -2.36. The summed E-state index contributed by atoms with van der Waals surface area (Å²) < 4.78 is 26.4. The van der Waals surface area contributed by atoms with Crippen LogP contribution in [0.2, 0.25) is 0 Å². The number of halogens is 2. The molecule has 0 aromatic carbocycles. The van der Waals surface area contributed by atoms with Crippen LogP contribution in [0.5, 0.6) is 0 Å². The van der Waals surface area contributed by atoms with Gasteiger partial charge in [0.05, 0.1) is 10.6 Å². The molecule has 68 valence electrons. The molecule has 1 aromatic heterocycles. The number of aromatic nitrogens is 1. The third-order valence-corrected chi connectivity index (χ3v) is 2.14. The number of pyridine rings is 1. The van der Waals surface area contributed by atoms with E-state index in [0.717, 1.165) is 0 Å². The van der Waals surface area contributed by atoms with Crippen molar-refractivity contribution >= 4 is 11.9 Å². The molecule has 1 aliphatic rings. The van der Waals surface area contributed by atoms with E-state index in [0.29, 0.717) is 5.35 Å². The SMILES string of the molecule is CC1C=c2nccc(F)c2=C(F)C1. The molecule has 1 aromatic rings. The molecule has 1 atom stereocenters. The second-order valence-electron chi connectivity index (χ2n) is 3.31. The lowest BCUT2D eigenvalue weighted by molar-refractivity contribution is 0.583. The Labute approximate surface area is 74.4 Å². The monoisotopic (exact) mass is 181 g/mol. The summed E-state index contributed by atoms with van der Waals surface area (Å²) in [5.41, 5.74) is 0. The smallest absolute Gasteiger partial charge is 0.136 e. The van der Waals surface area contributed by atoms with Crippen LogP contribution in [-0.4, -0.2) is 4.98 Å². The highest BCUT2D eigenvalue weighted by atomic mass is 19.1. The number of hydrogen-bond donors (Lipinski definition) is 0. The zero-order valence-electron chi connectivity index (χ0n) is 7.22. The van der Waals surface area contributed by atoms with Gasteiger partial charge in [-0.15, -0.1) is 0 Å². The summed E-state index contributed by atoms with van der Waals surface area (Å²) in [6, 6.07) is 1.18. The minimum absolute atomic E-state index is 0.0422. The third-order valence-electron chi connectivity index (χ3n) is 2.14. The lowest BCUT2D eigenvalue weighted by atomic mass is 10.0. The maximum atomic E-state index is 13.3. The third kappa shape index (κ3) is 1.34. The van der Waals surface area contributed by atoms with Crippen molar-refractivity contribution < 1.29 is 8.78 Å². The van der Waals surface area contributed by atoms with Gasteiger partial charge in [0.15, 0.2) is 0 Å². The van der Waals surface area contributed by atoms with Crippen LogP contribution in [0.25, 0.3) is 11.9 Å². The summed E-state index contributed by atoms with van der Waals surface area (Å²) in [5, 5.41) is 0.469. The van der Waals surface area contributed by atoms with E-state index in [9.17, 15) is 8.78 Å². The van der Waals surface area contributed by atoms with Gasteiger partial charge in [0, 0.05) is 12.6 Å². The summed E-state index contributed by atoms with van der Waals surface area (Å²) in [5.74, 6) is -0.817. The molecule has 0 amide bonds. The summed E-state index contributed by atoms with van der Waals surface area (Å²) in [6.07, 6.45) is 3.42. The Hall–Kier alpha value is -1.25. The van der Waals surface area contributed by atoms with Crippen molar-refractivity contribution in [2.75, 3.05) is 0 Å². The van der Waals surface area contributed by atoms with E-state index in [1.54, 1.807) is 6.08 Å². The highest BCUT2D eigenvalue weighted by molar-refractivity contribution is 5.45. The molecule has 1 unspecified atom stereocenters. The summed E-state index contributed by atoms with van der Waals surface area (Å²) in [6.45, 7) is 1.88. The van der Waals surface area contributed by atoms with Crippen LogP contribution in [-0.2, 0) is 0 Å². The predicted molar refractivity (Wildman–Crippen MR) is 46.2 cm³/mol. The van der Waals surface area contributed by atoms with Crippen molar-refractivity contribution in [2.45, 2.75) is 13.3 Å². The van der Waals surface area contributed by atoms with Crippen LogP contribution in [0, 0.1) is 11.7 Å². The minimum atomic E-state index is -0.523. The van der Waals surface area contributed by atoms with Gasteiger partial charge in [0.2, 0.25) is 0 Å². The van der Waals surface area contributed by atoms with Crippen molar-refractivity contribution in [3.63, 3.8) is 0 Å². The fourth-order valence-electron chi connectivity index (χ4n) is 1.56. The molecule has 13 heavy (non-hydrogen) atoms. The summed E-state index contributed by atoms with van der Waals surface area (Å²) in [7, 11) is 0. The molecule has 1 aliphatic carbocycles. The molecule has 1 heterocycles. The van der Waals surface area contributed by atoms with Gasteiger partial charge in [-0.1, -0.05) is 13.0 Å². The number of nitrogens with zero attached hydrogens (tertiary/aromatic N) is 1. The topological polar surface area (TPSA) is 12.9 Å². The number of hydrogen-bond acceptors (Lipinski definition) is 1. The van der Waals surface area contributed by atoms with Gasteiger partial charge in [-0.05, 0) is 12.0 Å². The zero-order chi connectivity index (χ0) is 9.42. The van der Waals surface area contributed by atoms with Gasteiger partial charge in [0.25, 0.3) is 0 Å². The van der Waals surface area contributed by atoms with Crippen LogP contribution in [0.1, 0.15) is 13.3 Å². The average Bonchev–Trinajstić information content (AvgIpc) is 2.02. The molecule has 0 aliphatic heterocycles. The van der Waals surface area contributed by atoms with Gasteiger partial charge in [0.1, 0.15) is 11.6 Å². The quantitative estimate of drug-likeness (QED) is 0.584. The predicted octanol–water partition coefficient (Wildman–Crippen LogP) is 1.12. The fraction of sp³-hybridized carbons (Fsp3) is 0.300. The maximum absolute atomic E-state index is 13.3. The van der Waals surface area contributed by atoms with E-state index in [-0.39, 0.29) is 17.6 Å². The highest BCUT2D eigenvalue weighted by Gasteiger charge is 2.12. The van der Waals surface area contributed by atoms with Crippen molar-refractivity contribution in [1.29, 1.82) is 0 Å². The van der Waals surface area contributed by atoms with Crippen molar-refractivity contribution in [3.05, 3.63) is 28.6 Å². The Morgan fingerprint density at radius 1 is 1.46 bits per heavy atom. The second-order valence-corrected chi connectivity index (χ2v) is 3.31. The molecule has 2 rings (SSSR count). The molecule has 0 radical (unpaired) electrons. The second kappa shape index (κ2) is 2.91. The van der Waals surface area contributed by atoms with E-state index in [4.69, 9.17) is 0 Å². The lowest BCUT2D eigenvalue weighted by Gasteiger charge is -2.09. The normalized spacial score (nSPS) is 20.8. The molecule has 0 fully saturated rings. The molecule has 3 heteroatoms. The van der Waals surface area contributed by atoms with Crippen LogP contribution >= 0.6 is 0 Å². The van der Waals surface area contributed by atoms with Crippen LogP contribution < -0.4 is 10.6 Å². The Morgan fingerprint density at radius 3 is 3.00 bits per heavy atom. The number of fused-ring (bicyclic) bond motifs is 1. The largest absolute Gasteiger partial charge is 0.256 e. The molecule has 0 N–H and O–H groups in total. The summed E-state index contributed by atoms with van der Waals surface area (Å²) in [4.78, 5) is 3.92. The Morgan fingerprint density at radius 2 is 2.23 bits per heavy atom. The molecule has 1 nitrogen and oxygen atoms in total. The molecular formula is C10H9F2N. The van der Waals surface area contributed by atoms with Gasteiger partial charge in [-0.25, -0.2) is 8.78 Å². The van der Waals surface area contributed by atoms with Gasteiger partial charge >= 0.3 is 0 Å². The average molecular weight is 181 g/mol. The Kier molecular flexibility index (Phi) is 1.87. The zero-order valence-corrected chi connectivity index (χ0v) is 7.22. The van der Waals surface area contributed by atoms with Crippen LogP contribution in [0.15, 0.2) is 12.3 Å². The molecule has 0 saturated carbocycles. The standard InChI is InChI=1S/C10H9F2N/c1-6-4-8(12)10-7(11)2-3-13-9(10)5-6/h2-3,5-6H,4H2,1H3. The first-order chi connectivity index (χ1) is 6.18. The van der Waals surface area contributed by atoms with Crippen LogP contribution in [0.4, 0.5) is 8.78 Å². The van der Waals surface area contributed by atoms with Crippen molar-refractivity contribution in [2.24, 2.45) is 5.92 Å².